The van der Waals surface area contributed by atoms with Gasteiger partial charge in [-0.2, -0.15) is 0 Å². The normalized spacial score (nSPS) is 17.9. The van der Waals surface area contributed by atoms with Crippen LogP contribution in [-0.4, -0.2) is 34.2 Å². The van der Waals surface area contributed by atoms with Crippen LogP contribution >= 0.6 is 0 Å². The molecule has 7 nitrogen and oxygen atoms in total. The van der Waals surface area contributed by atoms with Gasteiger partial charge in [-0.15, -0.1) is 0 Å². The summed E-state index contributed by atoms with van der Waals surface area (Å²) in [5, 5.41) is 13.4. The molecule has 1 aromatic rings. The molecule has 0 saturated carbocycles. The first-order valence-electron chi connectivity index (χ1n) is 7.37. The fraction of sp³-hybridized carbons (Fsp3) is 0.467. The monoisotopic (exact) mass is 305 g/mol. The Morgan fingerprint density at radius 2 is 2.18 bits per heavy atom. The third-order valence-corrected chi connectivity index (χ3v) is 3.75. The van der Waals surface area contributed by atoms with Crippen LogP contribution in [0.3, 0.4) is 0 Å². The molecule has 1 aliphatic heterocycles. The molecule has 0 aliphatic carbocycles. The van der Waals surface area contributed by atoms with Crippen LogP contribution in [0.15, 0.2) is 24.3 Å². The molecule has 1 atom stereocenters. The van der Waals surface area contributed by atoms with Crippen LogP contribution in [0.2, 0.25) is 0 Å². The molecule has 0 radical (unpaired) electrons. The highest BCUT2D eigenvalue weighted by Gasteiger charge is 2.31. The van der Waals surface area contributed by atoms with Crippen molar-refractivity contribution < 1.29 is 14.5 Å². The Bertz CT molecular complexity index is 588. The quantitative estimate of drug-likeness (QED) is 0.682. The van der Waals surface area contributed by atoms with Crippen molar-refractivity contribution in [2.75, 3.05) is 11.9 Å². The summed E-state index contributed by atoms with van der Waals surface area (Å²) in [5.74, 6) is -0.333. The molecule has 0 bridgehead atoms. The molecule has 1 N–H and O–H groups in total. The number of hydrogen-bond donors (Lipinski definition) is 1. The first-order valence-corrected chi connectivity index (χ1v) is 7.37. The summed E-state index contributed by atoms with van der Waals surface area (Å²) >= 11 is 0. The number of likely N-dealkylation sites (tertiary alicyclic amines) is 1. The van der Waals surface area contributed by atoms with Crippen LogP contribution in [0.25, 0.3) is 0 Å². The van der Waals surface area contributed by atoms with E-state index in [4.69, 9.17) is 0 Å². The Morgan fingerprint density at radius 1 is 1.41 bits per heavy atom. The van der Waals surface area contributed by atoms with Gasteiger partial charge in [-0.1, -0.05) is 13.0 Å². The molecule has 118 valence electrons. The molecule has 1 fully saturated rings. The van der Waals surface area contributed by atoms with Crippen molar-refractivity contribution in [3.05, 3.63) is 34.4 Å². The molecule has 1 aromatic carbocycles. The number of nitrogens with zero attached hydrogens (tertiary/aromatic N) is 2. The molecule has 7 heteroatoms. The first kappa shape index (κ1) is 15.9. The number of amides is 2. The molecular weight excluding hydrogens is 286 g/mol. The maximum Gasteiger partial charge on any atom is 0.271 e. The molecule has 1 heterocycles. The number of nitro groups is 1. The summed E-state index contributed by atoms with van der Waals surface area (Å²) in [7, 11) is 0. The Labute approximate surface area is 128 Å². The molecular formula is C15H19N3O4. The second-order valence-corrected chi connectivity index (χ2v) is 5.25. The van der Waals surface area contributed by atoms with Crippen molar-refractivity contribution in [3.8, 4) is 0 Å². The van der Waals surface area contributed by atoms with E-state index in [-0.39, 0.29) is 17.5 Å². The Balaban J connectivity index is 2.11. The number of nitro benzene ring substituents is 1. The van der Waals surface area contributed by atoms with Crippen molar-refractivity contribution >= 4 is 23.2 Å². The lowest BCUT2D eigenvalue weighted by atomic mass is 10.0. The summed E-state index contributed by atoms with van der Waals surface area (Å²) in [6.07, 6.45) is 2.76. The van der Waals surface area contributed by atoms with E-state index in [1.54, 1.807) is 17.9 Å². The van der Waals surface area contributed by atoms with Gasteiger partial charge in [0, 0.05) is 30.8 Å². The van der Waals surface area contributed by atoms with Crippen molar-refractivity contribution in [2.24, 2.45) is 0 Å². The van der Waals surface area contributed by atoms with Gasteiger partial charge < -0.3 is 10.2 Å². The highest BCUT2D eigenvalue weighted by molar-refractivity contribution is 5.97. The SMILES string of the molecule is CCC(=O)N1CCCCC1C(=O)Nc1cccc([N+](=O)[O-])c1. The van der Waals surface area contributed by atoms with Crippen molar-refractivity contribution in [3.63, 3.8) is 0 Å². The largest absolute Gasteiger partial charge is 0.331 e. The first-order chi connectivity index (χ1) is 10.5. The van der Waals surface area contributed by atoms with Gasteiger partial charge in [-0.3, -0.25) is 19.7 Å². The van der Waals surface area contributed by atoms with Crippen LogP contribution in [0, 0.1) is 10.1 Å². The Morgan fingerprint density at radius 3 is 2.86 bits per heavy atom. The van der Waals surface area contributed by atoms with E-state index in [1.807, 2.05) is 0 Å². The predicted molar refractivity (Wildman–Crippen MR) is 81.4 cm³/mol. The van der Waals surface area contributed by atoms with Crippen molar-refractivity contribution in [1.82, 2.24) is 4.90 Å². The number of non-ortho nitro benzene ring substituents is 1. The number of rotatable bonds is 4. The molecule has 2 amide bonds. The minimum atomic E-state index is -0.511. The third kappa shape index (κ3) is 3.60. The van der Waals surface area contributed by atoms with Crippen LogP contribution < -0.4 is 5.32 Å². The number of nitrogens with one attached hydrogen (secondary N) is 1. The zero-order chi connectivity index (χ0) is 16.1. The minimum absolute atomic E-state index is 0.0427. The molecule has 1 saturated heterocycles. The molecule has 1 unspecified atom stereocenters. The Kier molecular flexibility index (Phi) is 5.08. The van der Waals surface area contributed by atoms with Gasteiger partial charge >= 0.3 is 0 Å². The maximum atomic E-state index is 12.4. The molecule has 2 rings (SSSR count). The highest BCUT2D eigenvalue weighted by Crippen LogP contribution is 2.21. The standard InChI is InChI=1S/C15H19N3O4/c1-2-14(19)17-9-4-3-8-13(17)15(20)16-11-6-5-7-12(10-11)18(21)22/h5-7,10,13H,2-4,8-9H2,1H3,(H,16,20). The zero-order valence-corrected chi connectivity index (χ0v) is 12.4. The summed E-state index contributed by atoms with van der Waals surface area (Å²) in [6.45, 7) is 2.35. The van der Waals surface area contributed by atoms with Crippen LogP contribution in [0.1, 0.15) is 32.6 Å². The second-order valence-electron chi connectivity index (χ2n) is 5.25. The van der Waals surface area contributed by atoms with Gasteiger partial charge in [-0.05, 0) is 25.3 Å². The fourth-order valence-corrected chi connectivity index (χ4v) is 2.63. The number of carbonyl (C=O) groups excluding carboxylic acids is 2. The number of hydrogen-bond acceptors (Lipinski definition) is 4. The topological polar surface area (TPSA) is 92.6 Å². The average Bonchev–Trinajstić information content (AvgIpc) is 2.54. The smallest absolute Gasteiger partial charge is 0.271 e. The van der Waals surface area contributed by atoms with E-state index in [9.17, 15) is 19.7 Å². The summed E-state index contributed by atoms with van der Waals surface area (Å²) < 4.78 is 0. The maximum absolute atomic E-state index is 12.4. The van der Waals surface area contributed by atoms with E-state index in [0.717, 1.165) is 12.8 Å². The zero-order valence-electron chi connectivity index (χ0n) is 12.4. The summed E-state index contributed by atoms with van der Waals surface area (Å²) in [6, 6.07) is 5.29. The van der Waals surface area contributed by atoms with Crippen LogP contribution in [0.4, 0.5) is 11.4 Å². The van der Waals surface area contributed by atoms with Gasteiger partial charge in [0.1, 0.15) is 6.04 Å². The van der Waals surface area contributed by atoms with Crippen molar-refractivity contribution in [1.29, 1.82) is 0 Å². The van der Waals surface area contributed by atoms with Crippen LogP contribution in [-0.2, 0) is 9.59 Å². The Hall–Kier alpha value is -2.44. The van der Waals surface area contributed by atoms with Gasteiger partial charge in [-0.25, -0.2) is 0 Å². The minimum Gasteiger partial charge on any atom is -0.331 e. The molecule has 1 aliphatic rings. The molecule has 0 aromatic heterocycles. The summed E-state index contributed by atoms with van der Waals surface area (Å²) in [4.78, 5) is 36.2. The van der Waals surface area contributed by atoms with Gasteiger partial charge in [0.25, 0.3) is 5.69 Å². The van der Waals surface area contributed by atoms with Crippen molar-refractivity contribution in [2.45, 2.75) is 38.6 Å². The second kappa shape index (κ2) is 7.02. The van der Waals surface area contributed by atoms with E-state index in [2.05, 4.69) is 5.32 Å². The van der Waals surface area contributed by atoms with E-state index in [1.165, 1.54) is 18.2 Å². The lowest BCUT2D eigenvalue weighted by molar-refractivity contribution is -0.384. The summed E-state index contributed by atoms with van der Waals surface area (Å²) in [5.41, 5.74) is 0.289. The highest BCUT2D eigenvalue weighted by atomic mass is 16.6. The molecule has 0 spiro atoms. The molecule has 22 heavy (non-hydrogen) atoms. The fourth-order valence-electron chi connectivity index (χ4n) is 2.63. The van der Waals surface area contributed by atoms with E-state index in [0.29, 0.717) is 25.1 Å². The number of carbonyl (C=O) groups is 2. The number of piperidine rings is 1. The van der Waals surface area contributed by atoms with Gasteiger partial charge in [0.05, 0.1) is 4.92 Å². The van der Waals surface area contributed by atoms with Crippen LogP contribution in [0.5, 0.6) is 0 Å². The van der Waals surface area contributed by atoms with Gasteiger partial charge in [0.15, 0.2) is 0 Å². The van der Waals surface area contributed by atoms with E-state index >= 15 is 0 Å². The lowest BCUT2D eigenvalue weighted by Crippen LogP contribution is -2.49. The number of benzene rings is 1. The van der Waals surface area contributed by atoms with Gasteiger partial charge in [0.2, 0.25) is 11.8 Å². The predicted octanol–water partition coefficient (Wildman–Crippen LogP) is 2.32. The van der Waals surface area contributed by atoms with E-state index < -0.39 is 11.0 Å². The average molecular weight is 305 g/mol. The third-order valence-electron chi connectivity index (χ3n) is 3.75. The number of anilines is 1. The lowest BCUT2D eigenvalue weighted by Gasteiger charge is -2.34.